The van der Waals surface area contributed by atoms with E-state index in [9.17, 15) is 4.79 Å². The Morgan fingerprint density at radius 3 is 2.05 bits per heavy atom. The summed E-state index contributed by atoms with van der Waals surface area (Å²) in [5.74, 6) is -0.432. The van der Waals surface area contributed by atoms with Crippen LogP contribution in [0, 0.1) is 6.08 Å². The van der Waals surface area contributed by atoms with Crippen molar-refractivity contribution in [1.82, 2.24) is 0 Å². The molecule has 0 spiro atoms. The van der Waals surface area contributed by atoms with Gasteiger partial charge in [0.2, 0.25) is 0 Å². The minimum atomic E-state index is -0.432. The molecule has 0 atom stereocenters. The quantitative estimate of drug-likeness (QED) is 0.332. The molecule has 115 valence electrons. The number of rotatable bonds is 4. The van der Waals surface area contributed by atoms with Crippen LogP contribution in [0.15, 0.2) is 17.7 Å². The van der Waals surface area contributed by atoms with Gasteiger partial charge in [-0.25, -0.2) is 11.6 Å². The standard InChI is InChI=1S/C6H13NO.C6H7.C2H7Si.2ClH.Ti/c1-2-3-4-5-6(7)8;1-6-4-2-3-5-6;1-3-2;;;/h2-5H2,1H3,(H2,7,8);4-5H,2H2,1H3;3H,1-2H3;2*1H;/q;-1;;;;+4/p-3. The Hall–Kier alpha value is 0.461. The molecule has 0 fully saturated rings. The van der Waals surface area contributed by atoms with Gasteiger partial charge in [0.05, 0.1) is 0 Å². The van der Waals surface area contributed by atoms with E-state index < -0.39 is 5.91 Å². The number of hydrogen-bond acceptors (Lipinski definition) is 1. The molecule has 0 aromatic carbocycles. The minimum absolute atomic E-state index is 0. The van der Waals surface area contributed by atoms with Crippen LogP contribution < -0.4 is 24.8 Å². The second-order valence-electron chi connectivity index (χ2n) is 3.96. The maximum absolute atomic E-state index is 9.99. The van der Waals surface area contributed by atoms with E-state index in [4.69, 9.17) is 5.73 Å². The molecule has 1 rings (SSSR count). The Morgan fingerprint density at radius 1 is 1.35 bits per heavy atom. The number of unbranched alkanes of at least 4 members (excludes halogenated alkanes) is 2. The van der Waals surface area contributed by atoms with Crippen molar-refractivity contribution < 1.29 is 51.3 Å². The predicted octanol–water partition coefficient (Wildman–Crippen LogP) is -1.63. The Balaban J connectivity index is -0.0000000565. The summed E-state index contributed by atoms with van der Waals surface area (Å²) >= 11 is 0. The summed E-state index contributed by atoms with van der Waals surface area (Å²) in [6.45, 7) is 8.58. The molecular weight excluding hydrogens is 345 g/mol. The Bertz CT molecular complexity index is 247. The first-order valence-electron chi connectivity index (χ1n) is 6.30. The normalized spacial score (nSPS) is 10.1. The molecule has 0 aromatic rings. The van der Waals surface area contributed by atoms with E-state index in [0.717, 1.165) is 35.2 Å². The van der Waals surface area contributed by atoms with Crippen LogP contribution in [0.3, 0.4) is 0 Å². The zero-order valence-corrected chi connectivity index (χ0v) is 17.2. The summed E-state index contributed by atoms with van der Waals surface area (Å²) in [5.41, 5.74) is 7.86. The monoisotopic (exact) mass is 370 g/mol. The first-order valence-corrected chi connectivity index (χ1v) is 8.61. The number of carbonyl (C=O) groups is 1. The molecule has 2 nitrogen and oxygen atoms in total. The van der Waals surface area contributed by atoms with Crippen molar-refractivity contribution in [3.05, 3.63) is 29.5 Å². The van der Waals surface area contributed by atoms with Crippen LogP contribution in [0.2, 0.25) is 13.1 Å². The average molecular weight is 371 g/mol. The van der Waals surface area contributed by atoms with Crippen molar-refractivity contribution in [2.45, 2.75) is 59.0 Å². The van der Waals surface area contributed by atoms with Gasteiger partial charge in [-0.2, -0.15) is 6.08 Å². The molecular formula is C14H26Cl2NOSiTi. The molecule has 0 unspecified atom stereocenters. The third kappa shape index (κ3) is 36.2. The van der Waals surface area contributed by atoms with Crippen LogP contribution in [0.5, 0.6) is 0 Å². The van der Waals surface area contributed by atoms with Gasteiger partial charge in [0.1, 0.15) is 0 Å². The van der Waals surface area contributed by atoms with Gasteiger partial charge >= 0.3 is 21.7 Å². The van der Waals surface area contributed by atoms with Gasteiger partial charge in [0, 0.05) is 15.4 Å². The predicted molar refractivity (Wildman–Crippen MR) is 78.5 cm³/mol. The van der Waals surface area contributed by atoms with Crippen molar-refractivity contribution in [2.75, 3.05) is 0 Å². The van der Waals surface area contributed by atoms with Gasteiger partial charge < -0.3 is 35.3 Å². The first-order chi connectivity index (χ1) is 8.08. The SMILES string of the molecule is CC1=CC[C-]=C1.CCCCCC([NH-])=O.C[SiH]C.[Cl-].[Cl-].[Ti+4]. The van der Waals surface area contributed by atoms with Gasteiger partial charge in [-0.15, -0.1) is 13.3 Å². The molecule has 20 heavy (non-hydrogen) atoms. The maximum atomic E-state index is 9.99. The molecule has 1 aliphatic carbocycles. The molecule has 0 aromatic heterocycles. The zero-order valence-electron chi connectivity index (χ0n) is 12.9. The van der Waals surface area contributed by atoms with Crippen LogP contribution in [0.1, 0.15) is 46.0 Å². The molecule has 1 N–H and O–H groups in total. The summed E-state index contributed by atoms with van der Waals surface area (Å²) in [7, 11) is 0.750. The van der Waals surface area contributed by atoms with Gasteiger partial charge in [0.25, 0.3) is 0 Å². The van der Waals surface area contributed by atoms with Crippen LogP contribution >= 0.6 is 0 Å². The Kier molecular flexibility index (Phi) is 45.0. The molecule has 0 bridgehead atoms. The fourth-order valence-electron chi connectivity index (χ4n) is 1.03. The van der Waals surface area contributed by atoms with E-state index in [1.807, 2.05) is 6.08 Å². The van der Waals surface area contributed by atoms with Crippen molar-refractivity contribution in [2.24, 2.45) is 0 Å². The van der Waals surface area contributed by atoms with E-state index in [1.54, 1.807) is 0 Å². The molecule has 0 heterocycles. The van der Waals surface area contributed by atoms with Crippen LogP contribution in [0.4, 0.5) is 0 Å². The first kappa shape index (κ1) is 32.4. The van der Waals surface area contributed by atoms with Crippen molar-refractivity contribution in [3.63, 3.8) is 0 Å². The second kappa shape index (κ2) is 27.7. The van der Waals surface area contributed by atoms with Crippen LogP contribution in [-0.4, -0.2) is 15.4 Å². The third-order valence-electron chi connectivity index (χ3n) is 1.88. The molecule has 1 amide bonds. The third-order valence-corrected chi connectivity index (χ3v) is 1.88. The van der Waals surface area contributed by atoms with Gasteiger partial charge in [-0.3, -0.25) is 6.08 Å². The van der Waals surface area contributed by atoms with Crippen molar-refractivity contribution >= 4 is 15.4 Å². The molecule has 1 aliphatic rings. The fraction of sp³-hybridized carbons (Fsp3) is 0.643. The number of carbonyl (C=O) groups excluding carboxylic acids is 1. The van der Waals surface area contributed by atoms with E-state index in [0.29, 0.717) is 6.42 Å². The Labute approximate surface area is 154 Å². The molecule has 0 saturated heterocycles. The number of amides is 1. The fourth-order valence-corrected chi connectivity index (χ4v) is 1.03. The largest absolute Gasteiger partial charge is 4.00 e. The van der Waals surface area contributed by atoms with Gasteiger partial charge in [-0.1, -0.05) is 32.9 Å². The topological polar surface area (TPSA) is 40.9 Å². The summed E-state index contributed by atoms with van der Waals surface area (Å²) in [5, 5.41) is 0. The zero-order chi connectivity index (χ0) is 13.5. The summed E-state index contributed by atoms with van der Waals surface area (Å²) in [6.07, 6.45) is 11.8. The molecule has 0 aliphatic heterocycles. The Morgan fingerprint density at radius 2 is 1.85 bits per heavy atom. The summed E-state index contributed by atoms with van der Waals surface area (Å²) in [4.78, 5) is 9.99. The number of halogens is 2. The van der Waals surface area contributed by atoms with E-state index in [2.05, 4.69) is 39.1 Å². The van der Waals surface area contributed by atoms with Gasteiger partial charge in [-0.05, 0) is 12.8 Å². The molecule has 0 saturated carbocycles. The average Bonchev–Trinajstić information content (AvgIpc) is 2.71. The minimum Gasteiger partial charge on any atom is -1.00 e. The van der Waals surface area contributed by atoms with Crippen molar-refractivity contribution in [1.29, 1.82) is 0 Å². The molecule has 6 heteroatoms. The smallest absolute Gasteiger partial charge is 1.00 e. The van der Waals surface area contributed by atoms with Crippen LogP contribution in [0.25, 0.3) is 5.73 Å². The van der Waals surface area contributed by atoms with Crippen molar-refractivity contribution in [3.8, 4) is 0 Å². The number of allylic oxidation sites excluding steroid dienone is 4. The number of hydrogen-bond donors (Lipinski definition) is 0. The summed E-state index contributed by atoms with van der Waals surface area (Å²) < 4.78 is 0. The maximum Gasteiger partial charge on any atom is 4.00 e. The summed E-state index contributed by atoms with van der Waals surface area (Å²) in [6, 6.07) is 0. The molecule has 1 radical (unpaired) electrons. The van der Waals surface area contributed by atoms with Crippen LogP contribution in [-0.2, 0) is 26.5 Å². The van der Waals surface area contributed by atoms with Gasteiger partial charge in [0.15, 0.2) is 0 Å². The van der Waals surface area contributed by atoms with E-state index in [-0.39, 0.29) is 46.5 Å². The van der Waals surface area contributed by atoms with E-state index in [1.165, 1.54) is 5.57 Å². The second-order valence-corrected chi connectivity index (χ2v) is 5.11. The number of nitrogens with one attached hydrogen (secondary N) is 1. The van der Waals surface area contributed by atoms with E-state index >= 15 is 0 Å².